The quantitative estimate of drug-likeness (QED) is 0.771. The van der Waals surface area contributed by atoms with Gasteiger partial charge in [0.25, 0.3) is 0 Å². The van der Waals surface area contributed by atoms with Crippen molar-refractivity contribution >= 4 is 45.9 Å². The van der Waals surface area contributed by atoms with E-state index in [0.29, 0.717) is 22.2 Å². The number of aromatic nitrogens is 1. The van der Waals surface area contributed by atoms with Crippen LogP contribution in [0.3, 0.4) is 0 Å². The Morgan fingerprint density at radius 2 is 1.91 bits per heavy atom. The zero-order chi connectivity index (χ0) is 16.4. The lowest BCUT2D eigenvalue weighted by Gasteiger charge is -2.31. The molecule has 0 atom stereocenters. The van der Waals surface area contributed by atoms with Crippen molar-refractivity contribution in [2.45, 2.75) is 19.8 Å². The van der Waals surface area contributed by atoms with Gasteiger partial charge in [-0.2, -0.15) is 0 Å². The molecule has 0 radical (unpaired) electrons. The number of piperidine rings is 1. The van der Waals surface area contributed by atoms with Gasteiger partial charge in [0, 0.05) is 18.5 Å². The van der Waals surface area contributed by atoms with Crippen molar-refractivity contribution in [1.82, 2.24) is 4.98 Å². The lowest BCUT2D eigenvalue weighted by Crippen LogP contribution is -2.37. The highest BCUT2D eigenvalue weighted by Crippen LogP contribution is 2.31. The Hall–Kier alpha value is -1.52. The van der Waals surface area contributed by atoms with Crippen molar-refractivity contribution in [2.75, 3.05) is 24.6 Å². The van der Waals surface area contributed by atoms with Crippen LogP contribution in [0.5, 0.6) is 0 Å². The van der Waals surface area contributed by atoms with Gasteiger partial charge in [-0.1, -0.05) is 23.2 Å². The van der Waals surface area contributed by atoms with Gasteiger partial charge in [0.1, 0.15) is 5.82 Å². The van der Waals surface area contributed by atoms with Gasteiger partial charge >= 0.3 is 5.97 Å². The standard InChI is InChI=1S/C17H18Cl2N2O2/c1-2-23-17(22)11-7-9-21(10-8-11)15-6-3-12-13(18)4-5-14(19)16(12)20-15/h3-6,11H,2,7-10H2,1H3. The average molecular weight is 353 g/mol. The van der Waals surface area contributed by atoms with Crippen LogP contribution in [0.25, 0.3) is 10.9 Å². The van der Waals surface area contributed by atoms with Crippen molar-refractivity contribution < 1.29 is 9.53 Å². The zero-order valence-electron chi connectivity index (χ0n) is 12.9. The number of fused-ring (bicyclic) bond motifs is 1. The summed E-state index contributed by atoms with van der Waals surface area (Å²) in [5.74, 6) is 0.766. The Balaban J connectivity index is 1.77. The first kappa shape index (κ1) is 16.3. The topological polar surface area (TPSA) is 42.4 Å². The molecule has 1 fully saturated rings. The second kappa shape index (κ2) is 6.93. The van der Waals surface area contributed by atoms with Crippen molar-refractivity contribution in [2.24, 2.45) is 5.92 Å². The number of carbonyl (C=O) groups is 1. The van der Waals surface area contributed by atoms with Gasteiger partial charge in [0.15, 0.2) is 0 Å². The molecule has 3 rings (SSSR count). The highest BCUT2D eigenvalue weighted by atomic mass is 35.5. The number of benzene rings is 1. The Morgan fingerprint density at radius 3 is 2.61 bits per heavy atom. The van der Waals surface area contributed by atoms with Crippen molar-refractivity contribution in [3.05, 3.63) is 34.3 Å². The summed E-state index contributed by atoms with van der Waals surface area (Å²) >= 11 is 12.4. The first-order valence-electron chi connectivity index (χ1n) is 7.76. The minimum atomic E-state index is -0.0894. The number of ether oxygens (including phenoxy) is 1. The Kier molecular flexibility index (Phi) is 4.93. The molecule has 0 N–H and O–H groups in total. The van der Waals surface area contributed by atoms with E-state index >= 15 is 0 Å². The average Bonchev–Trinajstić information content (AvgIpc) is 2.58. The molecule has 1 aliphatic rings. The van der Waals surface area contributed by atoms with E-state index in [0.717, 1.165) is 37.1 Å². The van der Waals surface area contributed by atoms with Gasteiger partial charge in [-0.25, -0.2) is 4.98 Å². The molecule has 0 spiro atoms. The Bertz CT molecular complexity index is 728. The fourth-order valence-corrected chi connectivity index (χ4v) is 3.34. The van der Waals surface area contributed by atoms with Gasteiger partial charge in [0.05, 0.1) is 28.1 Å². The summed E-state index contributed by atoms with van der Waals surface area (Å²) < 4.78 is 5.10. The summed E-state index contributed by atoms with van der Waals surface area (Å²) in [7, 11) is 0. The molecule has 1 aliphatic heterocycles. The number of anilines is 1. The third-order valence-corrected chi connectivity index (χ3v) is 4.81. The fraction of sp³-hybridized carbons (Fsp3) is 0.412. The number of hydrogen-bond donors (Lipinski definition) is 0. The van der Waals surface area contributed by atoms with Crippen molar-refractivity contribution in [1.29, 1.82) is 0 Å². The number of nitrogens with zero attached hydrogens (tertiary/aromatic N) is 2. The predicted molar refractivity (Wildman–Crippen MR) is 93.3 cm³/mol. The van der Waals surface area contributed by atoms with Crippen LogP contribution in [-0.2, 0) is 9.53 Å². The summed E-state index contributed by atoms with van der Waals surface area (Å²) in [6.45, 7) is 3.83. The van der Waals surface area contributed by atoms with Crippen LogP contribution in [0.1, 0.15) is 19.8 Å². The molecule has 2 heterocycles. The van der Waals surface area contributed by atoms with E-state index in [-0.39, 0.29) is 11.9 Å². The summed E-state index contributed by atoms with van der Waals surface area (Å²) in [4.78, 5) is 18.6. The lowest BCUT2D eigenvalue weighted by atomic mass is 9.97. The van der Waals surface area contributed by atoms with Gasteiger partial charge in [-0.3, -0.25) is 4.79 Å². The number of hydrogen-bond acceptors (Lipinski definition) is 4. The van der Waals surface area contributed by atoms with Crippen molar-refractivity contribution in [3.8, 4) is 0 Å². The van der Waals surface area contributed by atoms with E-state index in [1.165, 1.54) is 0 Å². The van der Waals surface area contributed by atoms with Gasteiger partial charge < -0.3 is 9.64 Å². The van der Waals surface area contributed by atoms with E-state index in [2.05, 4.69) is 9.88 Å². The minimum Gasteiger partial charge on any atom is -0.466 e. The summed E-state index contributed by atoms with van der Waals surface area (Å²) in [5.41, 5.74) is 0.712. The maximum absolute atomic E-state index is 11.8. The summed E-state index contributed by atoms with van der Waals surface area (Å²) in [6, 6.07) is 7.44. The molecular formula is C17H18Cl2N2O2. The molecule has 0 bridgehead atoms. The van der Waals surface area contributed by atoms with E-state index in [1.54, 1.807) is 12.1 Å². The smallest absolute Gasteiger partial charge is 0.309 e. The molecule has 122 valence electrons. The van der Waals surface area contributed by atoms with Gasteiger partial charge in [-0.05, 0) is 44.0 Å². The molecule has 0 unspecified atom stereocenters. The van der Waals surface area contributed by atoms with E-state index in [9.17, 15) is 4.79 Å². The number of rotatable bonds is 3. The number of esters is 1. The Labute approximate surface area is 145 Å². The molecule has 1 aromatic heterocycles. The summed E-state index contributed by atoms with van der Waals surface area (Å²) in [5, 5.41) is 2.08. The maximum Gasteiger partial charge on any atom is 0.309 e. The van der Waals surface area contributed by atoms with Crippen LogP contribution in [0, 0.1) is 5.92 Å². The third-order valence-electron chi connectivity index (χ3n) is 4.18. The van der Waals surface area contributed by atoms with Crippen LogP contribution >= 0.6 is 23.2 Å². The highest BCUT2D eigenvalue weighted by Gasteiger charge is 2.26. The van der Waals surface area contributed by atoms with Gasteiger partial charge in [-0.15, -0.1) is 0 Å². The first-order valence-corrected chi connectivity index (χ1v) is 8.52. The van der Waals surface area contributed by atoms with E-state index in [4.69, 9.17) is 27.9 Å². The molecule has 2 aromatic rings. The predicted octanol–water partition coefficient (Wildman–Crippen LogP) is 4.32. The molecule has 1 aromatic carbocycles. The largest absolute Gasteiger partial charge is 0.466 e. The Morgan fingerprint density at radius 1 is 1.22 bits per heavy atom. The molecule has 6 heteroatoms. The molecule has 23 heavy (non-hydrogen) atoms. The molecule has 0 amide bonds. The second-order valence-electron chi connectivity index (χ2n) is 5.61. The van der Waals surface area contributed by atoms with E-state index in [1.807, 2.05) is 19.1 Å². The SMILES string of the molecule is CCOC(=O)C1CCN(c2ccc3c(Cl)ccc(Cl)c3n2)CC1. The monoisotopic (exact) mass is 352 g/mol. The second-order valence-corrected chi connectivity index (χ2v) is 6.42. The number of pyridine rings is 1. The van der Waals surface area contributed by atoms with Crippen molar-refractivity contribution in [3.63, 3.8) is 0 Å². The lowest BCUT2D eigenvalue weighted by molar-refractivity contribution is -0.148. The molecular weight excluding hydrogens is 335 g/mol. The number of carbonyl (C=O) groups excluding carboxylic acids is 1. The first-order chi connectivity index (χ1) is 11.1. The van der Waals surface area contributed by atoms with Gasteiger partial charge in [0.2, 0.25) is 0 Å². The van der Waals surface area contributed by atoms with E-state index < -0.39 is 0 Å². The van der Waals surface area contributed by atoms with Crippen LogP contribution in [0.15, 0.2) is 24.3 Å². The normalized spacial score (nSPS) is 15.9. The number of halogens is 2. The molecule has 1 saturated heterocycles. The van der Waals surface area contributed by atoms with Crippen LogP contribution < -0.4 is 4.90 Å². The minimum absolute atomic E-state index is 0.00955. The van der Waals surface area contributed by atoms with Crippen LogP contribution in [0.2, 0.25) is 10.0 Å². The van der Waals surface area contributed by atoms with Crippen LogP contribution in [0.4, 0.5) is 5.82 Å². The fourth-order valence-electron chi connectivity index (χ4n) is 2.92. The van der Waals surface area contributed by atoms with Crippen LogP contribution in [-0.4, -0.2) is 30.6 Å². The molecule has 0 aliphatic carbocycles. The molecule has 4 nitrogen and oxygen atoms in total. The third kappa shape index (κ3) is 3.38. The summed E-state index contributed by atoms with van der Waals surface area (Å²) in [6.07, 6.45) is 1.56. The maximum atomic E-state index is 11.8. The molecule has 0 saturated carbocycles. The highest BCUT2D eigenvalue weighted by molar-refractivity contribution is 6.39. The zero-order valence-corrected chi connectivity index (χ0v) is 14.4.